The highest BCUT2D eigenvalue weighted by molar-refractivity contribution is 7.14. The van der Waals surface area contributed by atoms with Gasteiger partial charge in [-0.05, 0) is 37.1 Å². The first-order valence-corrected chi connectivity index (χ1v) is 10.2. The number of nitrogens with one attached hydrogen (secondary N) is 1. The minimum absolute atomic E-state index is 0.154. The number of fused-ring (bicyclic) bond motifs is 1. The van der Waals surface area contributed by atoms with Gasteiger partial charge in [-0.2, -0.15) is 0 Å². The molecule has 156 valence electrons. The number of nitrogens with zero attached hydrogens (tertiary/aromatic N) is 4. The van der Waals surface area contributed by atoms with Gasteiger partial charge in [-0.1, -0.05) is 12.1 Å². The van der Waals surface area contributed by atoms with E-state index in [0.717, 1.165) is 21.4 Å². The van der Waals surface area contributed by atoms with Crippen molar-refractivity contribution in [2.24, 2.45) is 0 Å². The Bertz CT molecular complexity index is 1390. The van der Waals surface area contributed by atoms with E-state index in [1.165, 1.54) is 41.4 Å². The van der Waals surface area contributed by atoms with Crippen LogP contribution in [0.5, 0.6) is 0 Å². The fourth-order valence-corrected chi connectivity index (χ4v) is 3.79. The zero-order valence-corrected chi connectivity index (χ0v) is 17.5. The van der Waals surface area contributed by atoms with Gasteiger partial charge in [0.05, 0.1) is 27.8 Å². The maximum absolute atomic E-state index is 12.6. The smallest absolute Gasteiger partial charge is 0.271 e. The lowest BCUT2D eigenvalue weighted by molar-refractivity contribution is -0.384. The third-order valence-electron chi connectivity index (χ3n) is 4.89. The number of non-ortho nitro benzene ring substituents is 1. The fourth-order valence-electron chi connectivity index (χ4n) is 3.05. The molecule has 0 fully saturated rings. The van der Waals surface area contributed by atoms with Gasteiger partial charge in [0.25, 0.3) is 11.2 Å². The number of carbonyl (C=O) groups excluding carboxylic acids is 1. The summed E-state index contributed by atoms with van der Waals surface area (Å²) in [5, 5.41) is 16.1. The quantitative estimate of drug-likeness (QED) is 0.377. The van der Waals surface area contributed by atoms with Crippen LogP contribution in [0.1, 0.15) is 11.1 Å². The maximum Gasteiger partial charge on any atom is 0.271 e. The zero-order valence-electron chi connectivity index (χ0n) is 16.7. The molecule has 0 aliphatic heterocycles. The second kappa shape index (κ2) is 8.07. The summed E-state index contributed by atoms with van der Waals surface area (Å²) in [5.41, 5.74) is 3.66. The molecule has 31 heavy (non-hydrogen) atoms. The van der Waals surface area contributed by atoms with Gasteiger partial charge in [0.2, 0.25) is 5.91 Å². The van der Waals surface area contributed by atoms with Gasteiger partial charge in [-0.25, -0.2) is 9.97 Å². The van der Waals surface area contributed by atoms with E-state index in [9.17, 15) is 19.7 Å². The van der Waals surface area contributed by atoms with Gasteiger partial charge in [0.1, 0.15) is 6.54 Å². The first kappa shape index (κ1) is 20.4. The molecule has 4 aromatic rings. The summed E-state index contributed by atoms with van der Waals surface area (Å²) in [4.78, 5) is 43.9. The number of nitro groups is 1. The molecule has 0 radical (unpaired) electrons. The molecule has 2 heterocycles. The van der Waals surface area contributed by atoms with E-state index in [-0.39, 0.29) is 23.1 Å². The molecule has 10 heteroatoms. The van der Waals surface area contributed by atoms with Crippen molar-refractivity contribution in [3.8, 4) is 11.3 Å². The molecule has 4 rings (SSSR count). The Kier molecular flexibility index (Phi) is 5.30. The molecular formula is C21H17N5O4S. The lowest BCUT2D eigenvalue weighted by Gasteiger charge is -2.06. The van der Waals surface area contributed by atoms with Crippen LogP contribution in [0.4, 0.5) is 10.8 Å². The van der Waals surface area contributed by atoms with Crippen molar-refractivity contribution in [3.05, 3.63) is 79.7 Å². The van der Waals surface area contributed by atoms with Crippen LogP contribution in [-0.4, -0.2) is 25.4 Å². The van der Waals surface area contributed by atoms with Crippen LogP contribution in [0.25, 0.3) is 22.2 Å². The molecule has 0 aliphatic rings. The van der Waals surface area contributed by atoms with E-state index in [0.29, 0.717) is 5.13 Å². The number of aryl methyl sites for hydroxylation is 2. The number of hydrogen-bond donors (Lipinski definition) is 1. The number of nitro benzene ring substituents is 1. The minimum Gasteiger partial charge on any atom is -0.300 e. The Labute approximate surface area is 180 Å². The van der Waals surface area contributed by atoms with E-state index >= 15 is 0 Å². The van der Waals surface area contributed by atoms with Crippen molar-refractivity contribution < 1.29 is 9.72 Å². The average Bonchev–Trinajstić information content (AvgIpc) is 3.20. The number of rotatable bonds is 5. The van der Waals surface area contributed by atoms with E-state index in [4.69, 9.17) is 0 Å². The van der Waals surface area contributed by atoms with Crippen molar-refractivity contribution >= 4 is 39.0 Å². The molecule has 2 aromatic carbocycles. The minimum atomic E-state index is -0.555. The Morgan fingerprint density at radius 2 is 2.00 bits per heavy atom. The van der Waals surface area contributed by atoms with Crippen LogP contribution in [0.2, 0.25) is 0 Å². The van der Waals surface area contributed by atoms with Crippen molar-refractivity contribution in [1.29, 1.82) is 0 Å². The highest BCUT2D eigenvalue weighted by Gasteiger charge is 2.13. The van der Waals surface area contributed by atoms with Crippen molar-refractivity contribution in [3.63, 3.8) is 0 Å². The van der Waals surface area contributed by atoms with Crippen LogP contribution in [0.3, 0.4) is 0 Å². The third kappa shape index (κ3) is 4.19. The molecule has 0 saturated carbocycles. The summed E-state index contributed by atoms with van der Waals surface area (Å²) < 4.78 is 1.15. The third-order valence-corrected chi connectivity index (χ3v) is 5.64. The Balaban J connectivity index is 1.51. The number of aromatic nitrogens is 3. The van der Waals surface area contributed by atoms with Gasteiger partial charge >= 0.3 is 0 Å². The summed E-state index contributed by atoms with van der Waals surface area (Å²) in [6.45, 7) is 3.81. The van der Waals surface area contributed by atoms with Crippen LogP contribution >= 0.6 is 11.3 Å². The number of thiazole rings is 1. The van der Waals surface area contributed by atoms with E-state index in [1.54, 1.807) is 0 Å². The topological polar surface area (TPSA) is 120 Å². The van der Waals surface area contributed by atoms with Crippen molar-refractivity contribution in [1.82, 2.24) is 14.5 Å². The SMILES string of the molecule is Cc1ccc(-c2csc(NC(=O)Cn3cnc4cc([N+](=O)[O-])ccc4c3=O)n2)cc1C. The van der Waals surface area contributed by atoms with Gasteiger partial charge in [-0.15, -0.1) is 11.3 Å². The monoisotopic (exact) mass is 435 g/mol. The molecule has 0 atom stereocenters. The highest BCUT2D eigenvalue weighted by Crippen LogP contribution is 2.26. The first-order chi connectivity index (χ1) is 14.8. The largest absolute Gasteiger partial charge is 0.300 e. The normalized spacial score (nSPS) is 10.9. The number of carbonyl (C=O) groups is 1. The number of benzene rings is 2. The number of amides is 1. The maximum atomic E-state index is 12.6. The number of anilines is 1. The zero-order chi connectivity index (χ0) is 22.1. The Hall–Kier alpha value is -3.92. The van der Waals surface area contributed by atoms with Crippen LogP contribution in [0, 0.1) is 24.0 Å². The summed E-state index contributed by atoms with van der Waals surface area (Å²) >= 11 is 1.29. The van der Waals surface area contributed by atoms with Crippen LogP contribution < -0.4 is 10.9 Å². The van der Waals surface area contributed by atoms with E-state index in [1.807, 2.05) is 37.4 Å². The summed E-state index contributed by atoms with van der Waals surface area (Å²) in [7, 11) is 0. The molecule has 1 N–H and O–H groups in total. The summed E-state index contributed by atoms with van der Waals surface area (Å²) in [6, 6.07) is 9.85. The second-order valence-electron chi connectivity index (χ2n) is 7.02. The first-order valence-electron chi connectivity index (χ1n) is 9.28. The molecule has 0 aliphatic carbocycles. The van der Waals surface area contributed by atoms with Crippen molar-refractivity contribution in [2.75, 3.05) is 5.32 Å². The van der Waals surface area contributed by atoms with Gasteiger partial charge in [0.15, 0.2) is 5.13 Å². The summed E-state index contributed by atoms with van der Waals surface area (Å²) in [6.07, 6.45) is 1.20. The Morgan fingerprint density at radius 3 is 2.74 bits per heavy atom. The molecular weight excluding hydrogens is 418 g/mol. The average molecular weight is 435 g/mol. The van der Waals surface area contributed by atoms with Gasteiger partial charge < -0.3 is 5.32 Å². The molecule has 0 bridgehead atoms. The van der Waals surface area contributed by atoms with E-state index < -0.39 is 16.4 Å². The molecule has 0 unspecified atom stereocenters. The standard InChI is InChI=1S/C21H17N5O4S/c1-12-3-4-14(7-13(12)2)18-10-31-21(23-18)24-19(27)9-25-11-22-17-8-15(26(29)30)5-6-16(17)20(25)28/h3-8,10-11H,9H2,1-2H3,(H,23,24,27). The molecule has 0 saturated heterocycles. The van der Waals surface area contributed by atoms with Crippen molar-refractivity contribution in [2.45, 2.75) is 20.4 Å². The second-order valence-corrected chi connectivity index (χ2v) is 7.88. The number of hydrogen-bond acceptors (Lipinski definition) is 7. The predicted octanol–water partition coefficient (Wildman–Crippen LogP) is 3.68. The molecule has 0 spiro atoms. The molecule has 9 nitrogen and oxygen atoms in total. The molecule has 1 amide bonds. The predicted molar refractivity (Wildman–Crippen MR) is 118 cm³/mol. The lowest BCUT2D eigenvalue weighted by Crippen LogP contribution is -2.27. The lowest BCUT2D eigenvalue weighted by atomic mass is 10.1. The van der Waals surface area contributed by atoms with Gasteiger partial charge in [0, 0.05) is 23.1 Å². The highest BCUT2D eigenvalue weighted by atomic mass is 32.1. The van der Waals surface area contributed by atoms with Crippen LogP contribution in [-0.2, 0) is 11.3 Å². The Morgan fingerprint density at radius 1 is 1.19 bits per heavy atom. The van der Waals surface area contributed by atoms with E-state index in [2.05, 4.69) is 15.3 Å². The van der Waals surface area contributed by atoms with Gasteiger partial charge in [-0.3, -0.25) is 24.3 Å². The molecule has 2 aromatic heterocycles. The fraction of sp³-hybridized carbons (Fsp3) is 0.143. The summed E-state index contributed by atoms with van der Waals surface area (Å²) in [5.74, 6) is -0.425. The van der Waals surface area contributed by atoms with Crippen LogP contribution in [0.15, 0.2) is 52.9 Å².